The van der Waals surface area contributed by atoms with Gasteiger partial charge in [-0.2, -0.15) is 13.2 Å². The number of benzene rings is 1. The number of hydrogen-bond donors (Lipinski definition) is 2. The van der Waals surface area contributed by atoms with Crippen LogP contribution in [0.15, 0.2) is 35.2 Å². The van der Waals surface area contributed by atoms with E-state index in [9.17, 15) is 27.6 Å². The first-order chi connectivity index (χ1) is 11.2. The lowest BCUT2D eigenvalue weighted by Gasteiger charge is -2.12. The van der Waals surface area contributed by atoms with Crippen LogP contribution >= 0.6 is 11.8 Å². The molecule has 0 aliphatic rings. The molecule has 0 bridgehead atoms. The molecule has 10 heteroatoms. The molecule has 24 heavy (non-hydrogen) atoms. The molecule has 0 spiro atoms. The lowest BCUT2D eigenvalue weighted by molar-refractivity contribution is -0.147. The van der Waals surface area contributed by atoms with E-state index in [2.05, 4.69) is 0 Å². The number of halogens is 3. The van der Waals surface area contributed by atoms with Crippen molar-refractivity contribution in [2.75, 3.05) is 13.2 Å². The summed E-state index contributed by atoms with van der Waals surface area (Å²) in [6.07, 6.45) is -4.59. The predicted octanol–water partition coefficient (Wildman–Crippen LogP) is 2.10. The van der Waals surface area contributed by atoms with Gasteiger partial charge in [0.1, 0.15) is 11.8 Å². The zero-order valence-corrected chi connectivity index (χ0v) is 13.4. The topological polar surface area (TPSA) is 84.5 Å². The zero-order chi connectivity index (χ0) is 18.2. The summed E-state index contributed by atoms with van der Waals surface area (Å²) in [5, 5.41) is 2.48. The average Bonchev–Trinajstić information content (AvgIpc) is 2.51. The van der Waals surface area contributed by atoms with Crippen LogP contribution in [0.3, 0.4) is 0 Å². The number of carbonyl (C=O) groups excluding carboxylic acids is 3. The number of nitrogens with one attached hydrogen (secondary N) is 2. The van der Waals surface area contributed by atoms with Crippen LogP contribution in [0.2, 0.25) is 0 Å². The molecule has 0 unspecified atom stereocenters. The standard InChI is InChI=1S/C14H15F3N2O4S/c1-9(24-10-5-3-2-4-6-10)12(21)23-7-11(20)19-13(22)18-8-14(15,16)17/h2-6,9H,7-8H2,1H3,(H2,18,19,20,22)/t9-/m0/s1. The molecule has 0 saturated carbocycles. The monoisotopic (exact) mass is 364 g/mol. The molecule has 2 N–H and O–H groups in total. The molecule has 1 aromatic carbocycles. The van der Waals surface area contributed by atoms with Crippen LogP contribution in [0.5, 0.6) is 0 Å². The van der Waals surface area contributed by atoms with Gasteiger partial charge in [0.15, 0.2) is 6.61 Å². The molecule has 1 rings (SSSR count). The van der Waals surface area contributed by atoms with Gasteiger partial charge in [-0.25, -0.2) is 4.79 Å². The van der Waals surface area contributed by atoms with Crippen LogP contribution in [0.4, 0.5) is 18.0 Å². The van der Waals surface area contributed by atoms with Crippen LogP contribution in [-0.4, -0.2) is 42.5 Å². The van der Waals surface area contributed by atoms with Gasteiger partial charge < -0.3 is 10.1 Å². The third-order valence-corrected chi connectivity index (χ3v) is 3.53. The van der Waals surface area contributed by atoms with Gasteiger partial charge in [0.25, 0.3) is 5.91 Å². The molecule has 3 amide bonds. The van der Waals surface area contributed by atoms with Crippen LogP contribution in [0.1, 0.15) is 6.92 Å². The van der Waals surface area contributed by atoms with E-state index in [0.29, 0.717) is 0 Å². The Hall–Kier alpha value is -2.23. The molecule has 0 fully saturated rings. The van der Waals surface area contributed by atoms with Gasteiger partial charge in [-0.1, -0.05) is 18.2 Å². The van der Waals surface area contributed by atoms with Gasteiger partial charge in [-0.15, -0.1) is 11.8 Å². The van der Waals surface area contributed by atoms with Crippen molar-refractivity contribution in [1.82, 2.24) is 10.6 Å². The number of urea groups is 1. The molecule has 0 aromatic heterocycles. The van der Waals surface area contributed by atoms with Crippen molar-refractivity contribution >= 4 is 29.7 Å². The maximum absolute atomic E-state index is 11.9. The highest BCUT2D eigenvalue weighted by molar-refractivity contribution is 8.00. The lowest BCUT2D eigenvalue weighted by Crippen LogP contribution is -2.44. The van der Waals surface area contributed by atoms with E-state index in [-0.39, 0.29) is 0 Å². The molecular formula is C14H15F3N2O4S. The maximum atomic E-state index is 11.9. The minimum absolute atomic E-state index is 0.598. The summed E-state index contributed by atoms with van der Waals surface area (Å²) < 4.78 is 40.3. The first-order valence-corrected chi connectivity index (χ1v) is 7.58. The fourth-order valence-corrected chi connectivity index (χ4v) is 2.28. The Morgan fingerprint density at radius 1 is 1.21 bits per heavy atom. The smallest absolute Gasteiger partial charge is 0.405 e. The molecular weight excluding hydrogens is 349 g/mol. The Labute approximate surface area is 140 Å². The summed E-state index contributed by atoms with van der Waals surface area (Å²) in [5.41, 5.74) is 0. The highest BCUT2D eigenvalue weighted by Gasteiger charge is 2.28. The Morgan fingerprint density at radius 3 is 2.42 bits per heavy atom. The summed E-state index contributed by atoms with van der Waals surface area (Å²) in [5.74, 6) is -1.71. The molecule has 0 saturated heterocycles. The summed E-state index contributed by atoms with van der Waals surface area (Å²) in [7, 11) is 0. The maximum Gasteiger partial charge on any atom is 0.405 e. The van der Waals surface area contributed by atoms with Gasteiger partial charge >= 0.3 is 18.2 Å². The van der Waals surface area contributed by atoms with E-state index in [1.165, 1.54) is 17.1 Å². The van der Waals surface area contributed by atoms with Gasteiger partial charge in [0.2, 0.25) is 0 Å². The van der Waals surface area contributed by atoms with Crippen LogP contribution < -0.4 is 10.6 Å². The third-order valence-electron chi connectivity index (χ3n) is 2.44. The summed E-state index contributed by atoms with van der Waals surface area (Å²) in [6.45, 7) is -0.761. The van der Waals surface area contributed by atoms with Crippen molar-refractivity contribution < 1.29 is 32.3 Å². The Bertz CT molecular complexity index is 581. The molecule has 1 aromatic rings. The SMILES string of the molecule is C[C@H](Sc1ccccc1)C(=O)OCC(=O)NC(=O)NCC(F)(F)F. The Morgan fingerprint density at radius 2 is 1.83 bits per heavy atom. The molecule has 132 valence electrons. The van der Waals surface area contributed by atoms with Gasteiger partial charge in [0, 0.05) is 4.90 Å². The Balaban J connectivity index is 2.30. The van der Waals surface area contributed by atoms with E-state index >= 15 is 0 Å². The van der Waals surface area contributed by atoms with Crippen molar-refractivity contribution in [3.05, 3.63) is 30.3 Å². The fraction of sp³-hybridized carbons (Fsp3) is 0.357. The number of alkyl halides is 3. The second-order valence-corrected chi connectivity index (χ2v) is 5.94. The number of thioether (sulfide) groups is 1. The van der Waals surface area contributed by atoms with Crippen molar-refractivity contribution in [3.63, 3.8) is 0 Å². The zero-order valence-electron chi connectivity index (χ0n) is 12.6. The van der Waals surface area contributed by atoms with E-state index in [1.807, 2.05) is 6.07 Å². The van der Waals surface area contributed by atoms with Crippen molar-refractivity contribution in [3.8, 4) is 0 Å². The van der Waals surface area contributed by atoms with E-state index < -0.39 is 42.5 Å². The van der Waals surface area contributed by atoms with Crippen molar-refractivity contribution in [2.45, 2.75) is 23.2 Å². The molecule has 1 atom stereocenters. The second kappa shape index (κ2) is 9.16. The summed E-state index contributed by atoms with van der Waals surface area (Å²) >= 11 is 1.22. The highest BCUT2D eigenvalue weighted by Crippen LogP contribution is 2.23. The average molecular weight is 364 g/mol. The van der Waals surface area contributed by atoms with Crippen LogP contribution in [0.25, 0.3) is 0 Å². The van der Waals surface area contributed by atoms with Gasteiger partial charge in [0.05, 0.1) is 0 Å². The third kappa shape index (κ3) is 8.42. The largest absolute Gasteiger partial charge is 0.455 e. The molecule has 0 heterocycles. The fourth-order valence-electron chi connectivity index (χ4n) is 1.39. The van der Waals surface area contributed by atoms with Crippen molar-refractivity contribution in [2.24, 2.45) is 0 Å². The quantitative estimate of drug-likeness (QED) is 0.597. The van der Waals surface area contributed by atoms with Gasteiger partial charge in [-0.3, -0.25) is 14.9 Å². The number of carbonyl (C=O) groups is 3. The van der Waals surface area contributed by atoms with Crippen LogP contribution in [0, 0.1) is 0 Å². The molecule has 0 radical (unpaired) electrons. The Kier molecular flexibility index (Phi) is 7.56. The number of rotatable bonds is 6. The summed E-state index contributed by atoms with van der Waals surface area (Å²) in [4.78, 5) is 34.9. The number of imide groups is 1. The van der Waals surface area contributed by atoms with Gasteiger partial charge in [-0.05, 0) is 19.1 Å². The minimum atomic E-state index is -4.59. The normalized spacial score (nSPS) is 12.2. The van der Waals surface area contributed by atoms with E-state index in [0.717, 1.165) is 4.90 Å². The number of hydrogen-bond acceptors (Lipinski definition) is 5. The highest BCUT2D eigenvalue weighted by atomic mass is 32.2. The number of amides is 3. The number of ether oxygens (including phenoxy) is 1. The van der Waals surface area contributed by atoms with Crippen LogP contribution in [-0.2, 0) is 14.3 Å². The lowest BCUT2D eigenvalue weighted by atomic mass is 10.4. The summed E-state index contributed by atoms with van der Waals surface area (Å²) in [6, 6.07) is 7.69. The first-order valence-electron chi connectivity index (χ1n) is 6.70. The molecule has 0 aliphatic heterocycles. The second-order valence-electron chi connectivity index (χ2n) is 4.53. The van der Waals surface area contributed by atoms with E-state index in [4.69, 9.17) is 4.74 Å². The molecule has 0 aliphatic carbocycles. The molecule has 6 nitrogen and oxygen atoms in total. The predicted molar refractivity (Wildman–Crippen MR) is 80.3 cm³/mol. The number of esters is 1. The first kappa shape index (κ1) is 19.8. The minimum Gasteiger partial charge on any atom is -0.455 e. The van der Waals surface area contributed by atoms with E-state index in [1.54, 1.807) is 36.5 Å². The van der Waals surface area contributed by atoms with Crippen molar-refractivity contribution in [1.29, 1.82) is 0 Å².